The summed E-state index contributed by atoms with van der Waals surface area (Å²) >= 11 is 16.9. The van der Waals surface area contributed by atoms with Crippen molar-refractivity contribution in [2.75, 3.05) is 0 Å². The van der Waals surface area contributed by atoms with Crippen molar-refractivity contribution in [1.82, 2.24) is 0 Å². The fraction of sp³-hybridized carbons (Fsp3) is 1.00. The van der Waals surface area contributed by atoms with Crippen LogP contribution >= 0.6 is 34.8 Å². The van der Waals surface area contributed by atoms with Crippen LogP contribution in [-0.2, 0) is 0 Å². The molecule has 2 unspecified atom stereocenters. The highest BCUT2D eigenvalue weighted by atomic mass is 35.6. The molecule has 0 spiro atoms. The molecule has 0 fully saturated rings. The van der Waals surface area contributed by atoms with Gasteiger partial charge in [0.05, 0.1) is 0 Å². The third-order valence-electron chi connectivity index (χ3n) is 1.52. The minimum absolute atomic E-state index is 0.175. The zero-order chi connectivity index (χ0) is 7.65. The molecule has 0 bridgehead atoms. The predicted octanol–water partition coefficient (Wildman–Crippen LogP) is 2.17. The van der Waals surface area contributed by atoms with E-state index in [0.717, 1.165) is 10.2 Å². The molecule has 9 heavy (non-hydrogen) atoms. The third kappa shape index (κ3) is 3.71. The SMILES string of the molecule is CC([SiH3])C(C)C(Cl)(Cl)Cl. The molecule has 56 valence electrons. The Morgan fingerprint density at radius 3 is 1.56 bits per heavy atom. The molecule has 0 nitrogen and oxygen atoms in total. The molecule has 4 heteroatoms. The quantitative estimate of drug-likeness (QED) is 0.455. The highest BCUT2D eigenvalue weighted by molar-refractivity contribution is 6.67. The Hall–Kier alpha value is 1.09. The molecule has 0 aliphatic heterocycles. The topological polar surface area (TPSA) is 0 Å². The first-order valence-corrected chi connectivity index (χ1v) is 5.21. The molecule has 0 aromatic rings. The second-order valence-electron chi connectivity index (χ2n) is 2.57. The minimum Gasteiger partial charge on any atom is -0.0834 e. The normalized spacial score (nSPS) is 19.7. The van der Waals surface area contributed by atoms with E-state index >= 15 is 0 Å². The zero-order valence-corrected chi connectivity index (χ0v) is 10.1. The Kier molecular flexibility index (Phi) is 3.89. The Bertz CT molecular complexity index is 86.7. The lowest BCUT2D eigenvalue weighted by Gasteiger charge is -2.23. The summed E-state index contributed by atoms with van der Waals surface area (Å²) in [4.78, 5) is 0. The van der Waals surface area contributed by atoms with Gasteiger partial charge in [-0.1, -0.05) is 54.2 Å². The second-order valence-corrected chi connectivity index (χ2v) is 6.76. The van der Waals surface area contributed by atoms with Gasteiger partial charge in [-0.15, -0.1) is 0 Å². The van der Waals surface area contributed by atoms with Crippen molar-refractivity contribution in [3.8, 4) is 0 Å². The highest BCUT2D eigenvalue weighted by Crippen LogP contribution is 2.39. The number of hydrogen-bond donors (Lipinski definition) is 0. The lowest BCUT2D eigenvalue weighted by atomic mass is 10.1. The van der Waals surface area contributed by atoms with Crippen molar-refractivity contribution in [1.29, 1.82) is 0 Å². The lowest BCUT2D eigenvalue weighted by Crippen LogP contribution is -2.19. The van der Waals surface area contributed by atoms with Gasteiger partial charge in [0.15, 0.2) is 3.79 Å². The van der Waals surface area contributed by atoms with E-state index in [9.17, 15) is 0 Å². The van der Waals surface area contributed by atoms with E-state index in [0.29, 0.717) is 5.54 Å². The van der Waals surface area contributed by atoms with Crippen LogP contribution in [-0.4, -0.2) is 14.0 Å². The lowest BCUT2D eigenvalue weighted by molar-refractivity contribution is 0.575. The van der Waals surface area contributed by atoms with Crippen molar-refractivity contribution in [2.45, 2.75) is 23.2 Å². The summed E-state index contributed by atoms with van der Waals surface area (Å²) in [6.45, 7) is 4.06. The first-order valence-electron chi connectivity index (χ1n) is 2.92. The van der Waals surface area contributed by atoms with Crippen molar-refractivity contribution in [3.05, 3.63) is 0 Å². The molecule has 0 aromatic heterocycles. The van der Waals surface area contributed by atoms with E-state index in [-0.39, 0.29) is 5.92 Å². The van der Waals surface area contributed by atoms with Crippen molar-refractivity contribution in [3.63, 3.8) is 0 Å². The van der Waals surface area contributed by atoms with Crippen molar-refractivity contribution < 1.29 is 0 Å². The first kappa shape index (κ1) is 10.1. The number of hydrogen-bond acceptors (Lipinski definition) is 0. The van der Waals surface area contributed by atoms with E-state index in [1.54, 1.807) is 0 Å². The number of rotatable bonds is 1. The highest BCUT2D eigenvalue weighted by Gasteiger charge is 2.30. The van der Waals surface area contributed by atoms with Gasteiger partial charge in [-0.05, 0) is 0 Å². The summed E-state index contributed by atoms with van der Waals surface area (Å²) in [5.41, 5.74) is 0.553. The molecule has 0 radical (unpaired) electrons. The van der Waals surface area contributed by atoms with Crippen molar-refractivity contribution in [2.24, 2.45) is 5.92 Å². The number of halogens is 3. The fourth-order valence-corrected chi connectivity index (χ4v) is 2.27. The van der Waals surface area contributed by atoms with E-state index in [2.05, 4.69) is 6.92 Å². The Balaban J connectivity index is 3.88. The molecular weight excluding hydrogens is 194 g/mol. The fourth-order valence-electron chi connectivity index (χ4n) is 0.378. The van der Waals surface area contributed by atoms with Gasteiger partial charge in [-0.2, -0.15) is 0 Å². The van der Waals surface area contributed by atoms with E-state index in [1.807, 2.05) is 6.92 Å². The van der Waals surface area contributed by atoms with Crippen LogP contribution in [0.25, 0.3) is 0 Å². The van der Waals surface area contributed by atoms with Crippen LogP contribution in [0.15, 0.2) is 0 Å². The summed E-state index contributed by atoms with van der Waals surface area (Å²) < 4.78 is -1.07. The van der Waals surface area contributed by atoms with Crippen LogP contribution in [0.5, 0.6) is 0 Å². The number of alkyl halides is 3. The molecule has 2 atom stereocenters. The van der Waals surface area contributed by atoms with Crippen LogP contribution in [0, 0.1) is 5.92 Å². The van der Waals surface area contributed by atoms with Gasteiger partial charge in [-0.3, -0.25) is 0 Å². The molecule has 0 rings (SSSR count). The summed E-state index contributed by atoms with van der Waals surface area (Å²) in [6.07, 6.45) is 0. The van der Waals surface area contributed by atoms with Crippen LogP contribution in [0.3, 0.4) is 0 Å². The summed E-state index contributed by atoms with van der Waals surface area (Å²) in [5.74, 6) is 0.175. The molecule has 0 aliphatic carbocycles. The monoisotopic (exact) mass is 204 g/mol. The van der Waals surface area contributed by atoms with E-state index in [1.165, 1.54) is 0 Å². The molecule has 0 amide bonds. The van der Waals surface area contributed by atoms with E-state index in [4.69, 9.17) is 34.8 Å². The van der Waals surface area contributed by atoms with Gasteiger partial charge in [0.2, 0.25) is 0 Å². The van der Waals surface area contributed by atoms with Crippen LogP contribution in [0.2, 0.25) is 5.54 Å². The Morgan fingerprint density at radius 1 is 1.22 bits per heavy atom. The van der Waals surface area contributed by atoms with Gasteiger partial charge in [0.1, 0.15) is 0 Å². The first-order chi connectivity index (χ1) is 3.85. The summed E-state index contributed by atoms with van der Waals surface area (Å²) in [6, 6.07) is 0. The smallest absolute Gasteiger partial charge is 0.0834 e. The maximum absolute atomic E-state index is 5.63. The zero-order valence-electron chi connectivity index (χ0n) is 5.79. The van der Waals surface area contributed by atoms with Gasteiger partial charge < -0.3 is 0 Å². The van der Waals surface area contributed by atoms with Gasteiger partial charge >= 0.3 is 0 Å². The third-order valence-corrected chi connectivity index (χ3v) is 3.55. The predicted molar refractivity (Wildman–Crippen MR) is 48.8 cm³/mol. The maximum Gasteiger partial charge on any atom is 0.193 e. The summed E-state index contributed by atoms with van der Waals surface area (Å²) in [5, 5.41) is 0. The summed E-state index contributed by atoms with van der Waals surface area (Å²) in [7, 11) is 1.08. The molecule has 0 saturated carbocycles. The minimum atomic E-state index is -1.07. The van der Waals surface area contributed by atoms with Gasteiger partial charge in [-0.25, -0.2) is 0 Å². The molecule has 0 N–H and O–H groups in total. The second kappa shape index (κ2) is 3.47. The molecule has 0 aliphatic rings. The molecule has 0 saturated heterocycles. The van der Waals surface area contributed by atoms with Crippen molar-refractivity contribution >= 4 is 45.0 Å². The average molecular weight is 206 g/mol. The van der Waals surface area contributed by atoms with Crippen LogP contribution < -0.4 is 0 Å². The standard InChI is InChI=1S/C5H11Cl3Si/c1-3(4(2)9)5(6,7)8/h3-4H,1-2,9H3. The van der Waals surface area contributed by atoms with Crippen LogP contribution in [0.1, 0.15) is 13.8 Å². The Labute approximate surface area is 74.3 Å². The van der Waals surface area contributed by atoms with Gasteiger partial charge in [0, 0.05) is 16.2 Å². The van der Waals surface area contributed by atoms with E-state index < -0.39 is 3.79 Å². The largest absolute Gasteiger partial charge is 0.193 e. The average Bonchev–Trinajstić information content (AvgIpc) is 1.62. The van der Waals surface area contributed by atoms with Gasteiger partial charge in [0.25, 0.3) is 0 Å². The molecular formula is C5H11Cl3Si. The molecule has 0 aromatic carbocycles. The van der Waals surface area contributed by atoms with Crippen LogP contribution in [0.4, 0.5) is 0 Å². The molecule has 0 heterocycles. The maximum atomic E-state index is 5.63. The Morgan fingerprint density at radius 2 is 1.56 bits per heavy atom.